The minimum atomic E-state index is -0.768. The highest BCUT2D eigenvalue weighted by Gasteiger charge is 2.07. The van der Waals surface area contributed by atoms with Gasteiger partial charge in [-0.25, -0.2) is 0 Å². The predicted octanol–water partition coefficient (Wildman–Crippen LogP) is 2.85. The molecule has 0 atom stereocenters. The molecule has 122 valence electrons. The lowest BCUT2D eigenvalue weighted by Gasteiger charge is -2.11. The van der Waals surface area contributed by atoms with E-state index in [0.717, 1.165) is 11.3 Å². The minimum Gasteiger partial charge on any atom is -0.490 e. The van der Waals surface area contributed by atoms with Crippen molar-refractivity contribution in [2.75, 3.05) is 13.2 Å². The standard InChI is InChI=1S/C19H18N2O3/c1-14-5-4-7-17(11-14)23-9-10-24-18-8-3-2-6-15(18)12-16(13-20)19(21)22/h2-8,11-12H,9-10H2,1H3,(H2,21,22). The lowest BCUT2D eigenvalue weighted by molar-refractivity contribution is -0.114. The van der Waals surface area contributed by atoms with Gasteiger partial charge in [-0.15, -0.1) is 0 Å². The van der Waals surface area contributed by atoms with E-state index in [1.807, 2.05) is 37.3 Å². The number of primary amides is 1. The normalized spacial score (nSPS) is 10.8. The molecule has 1 amide bonds. The van der Waals surface area contributed by atoms with Gasteiger partial charge in [0, 0.05) is 5.56 Å². The third-order valence-electron chi connectivity index (χ3n) is 3.20. The highest BCUT2D eigenvalue weighted by atomic mass is 16.5. The van der Waals surface area contributed by atoms with Gasteiger partial charge < -0.3 is 15.2 Å². The second-order valence-electron chi connectivity index (χ2n) is 5.09. The number of hydrogen-bond donors (Lipinski definition) is 1. The van der Waals surface area contributed by atoms with Crippen LogP contribution in [0.1, 0.15) is 11.1 Å². The van der Waals surface area contributed by atoms with Crippen LogP contribution in [0.5, 0.6) is 11.5 Å². The molecule has 0 spiro atoms. The molecule has 5 heteroatoms. The van der Waals surface area contributed by atoms with Gasteiger partial charge in [0.2, 0.25) is 0 Å². The molecule has 2 N–H and O–H groups in total. The number of aryl methyl sites for hydroxylation is 1. The molecule has 5 nitrogen and oxygen atoms in total. The number of benzene rings is 2. The summed E-state index contributed by atoms with van der Waals surface area (Å²) in [6.45, 7) is 2.71. The van der Waals surface area contributed by atoms with Crippen LogP contribution in [0.25, 0.3) is 6.08 Å². The summed E-state index contributed by atoms with van der Waals surface area (Å²) >= 11 is 0. The molecule has 0 aromatic heterocycles. The van der Waals surface area contributed by atoms with Crippen molar-refractivity contribution < 1.29 is 14.3 Å². The Morgan fingerprint density at radius 3 is 2.62 bits per heavy atom. The van der Waals surface area contributed by atoms with Gasteiger partial charge in [-0.3, -0.25) is 4.79 Å². The molecule has 2 aromatic rings. The van der Waals surface area contributed by atoms with Crippen LogP contribution in [0.3, 0.4) is 0 Å². The molecule has 2 rings (SSSR count). The molecule has 0 saturated carbocycles. The second-order valence-corrected chi connectivity index (χ2v) is 5.09. The number of para-hydroxylation sites is 1. The van der Waals surface area contributed by atoms with Crippen LogP contribution in [0.4, 0.5) is 0 Å². The van der Waals surface area contributed by atoms with Crippen molar-refractivity contribution in [3.8, 4) is 17.6 Å². The molecule has 0 aliphatic rings. The SMILES string of the molecule is Cc1cccc(OCCOc2ccccc2C=C(C#N)C(N)=O)c1. The number of nitrogens with zero attached hydrogens (tertiary/aromatic N) is 1. The molecule has 0 unspecified atom stereocenters. The lowest BCUT2D eigenvalue weighted by Crippen LogP contribution is -2.13. The fraction of sp³-hybridized carbons (Fsp3) is 0.158. The van der Waals surface area contributed by atoms with Crippen molar-refractivity contribution in [3.63, 3.8) is 0 Å². The van der Waals surface area contributed by atoms with E-state index in [1.165, 1.54) is 6.08 Å². The Balaban J connectivity index is 1.98. The first-order valence-electron chi connectivity index (χ1n) is 7.43. The molecule has 0 aliphatic carbocycles. The van der Waals surface area contributed by atoms with Crippen molar-refractivity contribution in [1.29, 1.82) is 5.26 Å². The van der Waals surface area contributed by atoms with E-state index in [4.69, 9.17) is 20.5 Å². The Labute approximate surface area is 140 Å². The predicted molar refractivity (Wildman–Crippen MR) is 91.4 cm³/mol. The summed E-state index contributed by atoms with van der Waals surface area (Å²) in [5, 5.41) is 8.93. The van der Waals surface area contributed by atoms with E-state index in [2.05, 4.69) is 0 Å². The first kappa shape index (κ1) is 17.1. The smallest absolute Gasteiger partial charge is 0.259 e. The van der Waals surface area contributed by atoms with Gasteiger partial charge in [-0.2, -0.15) is 5.26 Å². The number of nitriles is 1. The van der Waals surface area contributed by atoms with Crippen molar-refractivity contribution >= 4 is 12.0 Å². The van der Waals surface area contributed by atoms with Gasteiger partial charge in [-0.05, 0) is 36.8 Å². The van der Waals surface area contributed by atoms with Gasteiger partial charge in [0.15, 0.2) is 0 Å². The Kier molecular flexibility index (Phi) is 5.98. The molecular formula is C19H18N2O3. The van der Waals surface area contributed by atoms with Crippen LogP contribution in [-0.2, 0) is 4.79 Å². The number of nitrogens with two attached hydrogens (primary N) is 1. The number of carbonyl (C=O) groups is 1. The molecule has 0 bridgehead atoms. The van der Waals surface area contributed by atoms with Crippen molar-refractivity contribution in [2.45, 2.75) is 6.92 Å². The van der Waals surface area contributed by atoms with Crippen LogP contribution in [0.15, 0.2) is 54.1 Å². The van der Waals surface area contributed by atoms with Gasteiger partial charge in [0.25, 0.3) is 5.91 Å². The summed E-state index contributed by atoms with van der Waals surface area (Å²) in [6.07, 6.45) is 1.42. The van der Waals surface area contributed by atoms with Crippen molar-refractivity contribution in [2.24, 2.45) is 5.73 Å². The first-order chi connectivity index (χ1) is 11.6. The zero-order valence-electron chi connectivity index (χ0n) is 13.4. The first-order valence-corrected chi connectivity index (χ1v) is 7.43. The van der Waals surface area contributed by atoms with E-state index >= 15 is 0 Å². The molecule has 0 fully saturated rings. The Hall–Kier alpha value is -3.26. The van der Waals surface area contributed by atoms with Gasteiger partial charge >= 0.3 is 0 Å². The summed E-state index contributed by atoms with van der Waals surface area (Å²) < 4.78 is 11.3. The maximum atomic E-state index is 11.2. The molecule has 0 saturated heterocycles. The second kappa shape index (κ2) is 8.39. The molecule has 0 radical (unpaired) electrons. The highest BCUT2D eigenvalue weighted by molar-refractivity contribution is 6.00. The quantitative estimate of drug-likeness (QED) is 0.482. The Morgan fingerprint density at radius 1 is 1.17 bits per heavy atom. The molecule has 24 heavy (non-hydrogen) atoms. The maximum absolute atomic E-state index is 11.2. The van der Waals surface area contributed by atoms with Crippen molar-refractivity contribution in [1.82, 2.24) is 0 Å². The highest BCUT2D eigenvalue weighted by Crippen LogP contribution is 2.21. The van der Waals surface area contributed by atoms with Crippen LogP contribution >= 0.6 is 0 Å². The molecule has 0 aliphatic heterocycles. The van der Waals surface area contributed by atoms with E-state index in [1.54, 1.807) is 24.3 Å². The van der Waals surface area contributed by atoms with Crippen LogP contribution in [0, 0.1) is 18.3 Å². The van der Waals surface area contributed by atoms with Crippen LogP contribution in [0.2, 0.25) is 0 Å². The minimum absolute atomic E-state index is 0.123. The largest absolute Gasteiger partial charge is 0.490 e. The van der Waals surface area contributed by atoms with E-state index in [0.29, 0.717) is 24.5 Å². The topological polar surface area (TPSA) is 85.3 Å². The summed E-state index contributed by atoms with van der Waals surface area (Å²) in [6, 6.07) is 16.6. The number of carbonyl (C=O) groups excluding carboxylic acids is 1. The molecule has 2 aromatic carbocycles. The Bertz CT molecular complexity index is 791. The fourth-order valence-electron chi connectivity index (χ4n) is 2.06. The third kappa shape index (κ3) is 4.89. The van der Waals surface area contributed by atoms with Crippen molar-refractivity contribution in [3.05, 3.63) is 65.2 Å². The zero-order valence-corrected chi connectivity index (χ0v) is 13.4. The average Bonchev–Trinajstić information content (AvgIpc) is 2.57. The fourth-order valence-corrected chi connectivity index (χ4v) is 2.06. The summed E-state index contributed by atoms with van der Waals surface area (Å²) in [5.74, 6) is 0.571. The van der Waals surface area contributed by atoms with E-state index in [9.17, 15) is 4.79 Å². The van der Waals surface area contributed by atoms with Crippen LogP contribution < -0.4 is 15.2 Å². The number of amides is 1. The van der Waals surface area contributed by atoms with Gasteiger partial charge in [0.1, 0.15) is 36.4 Å². The van der Waals surface area contributed by atoms with Gasteiger partial charge in [-0.1, -0.05) is 30.3 Å². The summed E-state index contributed by atoms with van der Waals surface area (Å²) in [7, 11) is 0. The Morgan fingerprint density at radius 2 is 1.92 bits per heavy atom. The zero-order chi connectivity index (χ0) is 17.4. The number of hydrogen-bond acceptors (Lipinski definition) is 4. The monoisotopic (exact) mass is 322 g/mol. The average molecular weight is 322 g/mol. The van der Waals surface area contributed by atoms with E-state index in [-0.39, 0.29) is 5.57 Å². The molecular weight excluding hydrogens is 304 g/mol. The summed E-state index contributed by atoms with van der Waals surface area (Å²) in [5.41, 5.74) is 6.77. The van der Waals surface area contributed by atoms with E-state index < -0.39 is 5.91 Å². The third-order valence-corrected chi connectivity index (χ3v) is 3.20. The number of ether oxygens (including phenoxy) is 2. The number of rotatable bonds is 7. The van der Waals surface area contributed by atoms with Gasteiger partial charge in [0.05, 0.1) is 0 Å². The van der Waals surface area contributed by atoms with Crippen LogP contribution in [-0.4, -0.2) is 19.1 Å². The lowest BCUT2D eigenvalue weighted by atomic mass is 10.1. The summed E-state index contributed by atoms with van der Waals surface area (Å²) in [4.78, 5) is 11.2. The molecule has 0 heterocycles. The maximum Gasteiger partial charge on any atom is 0.259 e.